The van der Waals surface area contributed by atoms with E-state index < -0.39 is 0 Å². The second-order valence-corrected chi connectivity index (χ2v) is 9.10. The highest BCUT2D eigenvalue weighted by Gasteiger charge is 2.22. The zero-order valence-electron chi connectivity index (χ0n) is 20.5. The lowest BCUT2D eigenvalue weighted by molar-refractivity contribution is 0.0684. The fourth-order valence-electron chi connectivity index (χ4n) is 4.53. The van der Waals surface area contributed by atoms with Crippen molar-refractivity contribution in [2.24, 2.45) is 0 Å². The highest BCUT2D eigenvalue weighted by molar-refractivity contribution is 5.88. The van der Waals surface area contributed by atoms with Crippen LogP contribution in [0.15, 0.2) is 46.1 Å². The van der Waals surface area contributed by atoms with Crippen LogP contribution in [-0.2, 0) is 16.1 Å². The molecular weight excluding hydrogens is 446 g/mol. The molecule has 188 valence electrons. The summed E-state index contributed by atoms with van der Waals surface area (Å²) >= 11 is 0. The van der Waals surface area contributed by atoms with Crippen molar-refractivity contribution < 1.29 is 14.2 Å². The molecular formula is C27H35N3O5. The molecule has 0 saturated carbocycles. The fourth-order valence-corrected chi connectivity index (χ4v) is 4.53. The van der Waals surface area contributed by atoms with E-state index in [0.29, 0.717) is 42.9 Å². The predicted octanol–water partition coefficient (Wildman–Crippen LogP) is 4.29. The predicted molar refractivity (Wildman–Crippen MR) is 135 cm³/mol. The van der Waals surface area contributed by atoms with Gasteiger partial charge in [-0.15, -0.1) is 0 Å². The summed E-state index contributed by atoms with van der Waals surface area (Å²) in [6, 6.07) is 10.2. The lowest BCUT2D eigenvalue weighted by atomic mass is 10.1. The van der Waals surface area contributed by atoms with Crippen molar-refractivity contribution in [3.8, 4) is 5.75 Å². The molecule has 1 saturated heterocycles. The number of fused-ring (bicyclic) bond motifs is 1. The van der Waals surface area contributed by atoms with Gasteiger partial charge < -0.3 is 18.8 Å². The SMILES string of the molecule is Cc1n[nH]c(=O)c2cn(C3CCOCC3)c(=O)c(OCCCCCCCOCc3ccccc3)c12. The van der Waals surface area contributed by atoms with Crippen LogP contribution in [0.3, 0.4) is 0 Å². The van der Waals surface area contributed by atoms with Crippen molar-refractivity contribution in [2.75, 3.05) is 26.4 Å². The van der Waals surface area contributed by atoms with Crippen molar-refractivity contribution in [3.05, 3.63) is 68.5 Å². The van der Waals surface area contributed by atoms with Crippen LogP contribution in [0.4, 0.5) is 0 Å². The molecule has 0 unspecified atom stereocenters. The van der Waals surface area contributed by atoms with Gasteiger partial charge in [0.15, 0.2) is 5.75 Å². The van der Waals surface area contributed by atoms with Crippen molar-refractivity contribution in [1.82, 2.24) is 14.8 Å². The molecule has 3 aromatic rings. The number of nitrogens with one attached hydrogen (secondary N) is 1. The Bertz CT molecular complexity index is 1200. The first-order chi connectivity index (χ1) is 17.1. The lowest BCUT2D eigenvalue weighted by Crippen LogP contribution is -2.31. The van der Waals surface area contributed by atoms with E-state index in [4.69, 9.17) is 14.2 Å². The number of H-pyrrole nitrogens is 1. The van der Waals surface area contributed by atoms with E-state index in [1.54, 1.807) is 17.7 Å². The third kappa shape index (κ3) is 6.58. The molecule has 8 heteroatoms. The summed E-state index contributed by atoms with van der Waals surface area (Å²) < 4.78 is 18.9. The number of aryl methyl sites for hydroxylation is 1. The van der Waals surface area contributed by atoms with E-state index in [9.17, 15) is 9.59 Å². The highest BCUT2D eigenvalue weighted by atomic mass is 16.5. The molecule has 1 N–H and O–H groups in total. The summed E-state index contributed by atoms with van der Waals surface area (Å²) in [5.74, 6) is 0.236. The van der Waals surface area contributed by atoms with E-state index in [-0.39, 0.29) is 22.9 Å². The van der Waals surface area contributed by atoms with Gasteiger partial charge in [0.05, 0.1) is 29.7 Å². The molecule has 0 spiro atoms. The molecule has 0 bridgehead atoms. The van der Waals surface area contributed by atoms with Gasteiger partial charge in [-0.25, -0.2) is 5.10 Å². The Balaban J connectivity index is 1.29. The number of aromatic nitrogens is 3. The Kier molecular flexibility index (Phi) is 9.08. The largest absolute Gasteiger partial charge is 0.487 e. The van der Waals surface area contributed by atoms with Crippen molar-refractivity contribution in [3.63, 3.8) is 0 Å². The molecule has 8 nitrogen and oxygen atoms in total. The van der Waals surface area contributed by atoms with Gasteiger partial charge in [0.1, 0.15) is 0 Å². The number of ether oxygens (including phenoxy) is 3. The number of aromatic amines is 1. The molecule has 0 atom stereocenters. The summed E-state index contributed by atoms with van der Waals surface area (Å²) in [5, 5.41) is 7.54. The summed E-state index contributed by atoms with van der Waals surface area (Å²) in [5.41, 5.74) is 1.27. The van der Waals surface area contributed by atoms with E-state index in [2.05, 4.69) is 22.3 Å². The Labute approximate surface area is 205 Å². The fraction of sp³-hybridized carbons (Fsp3) is 0.519. The molecule has 0 radical (unpaired) electrons. The minimum atomic E-state index is -0.314. The standard InChI is InChI=1S/C27H35N3O5/c1-20-24-23(26(31)29-28-20)18-30(22-12-16-33-17-13-22)27(32)25(24)35-15-9-4-2-3-8-14-34-19-21-10-6-5-7-11-21/h5-7,10-11,18,22H,2-4,8-9,12-17,19H2,1H3,(H,29,31). The molecule has 3 heterocycles. The quantitative estimate of drug-likeness (QED) is 0.388. The first-order valence-corrected chi connectivity index (χ1v) is 12.6. The number of nitrogens with zero attached hydrogens (tertiary/aromatic N) is 2. The third-order valence-electron chi connectivity index (χ3n) is 6.50. The topological polar surface area (TPSA) is 95.4 Å². The maximum Gasteiger partial charge on any atom is 0.293 e. The minimum absolute atomic E-state index is 0.0000174. The molecule has 35 heavy (non-hydrogen) atoms. The van der Waals surface area contributed by atoms with Gasteiger partial charge in [0.2, 0.25) is 0 Å². The van der Waals surface area contributed by atoms with Gasteiger partial charge in [0.25, 0.3) is 11.1 Å². The second kappa shape index (κ2) is 12.7. The van der Waals surface area contributed by atoms with Gasteiger partial charge in [0, 0.05) is 32.1 Å². The Morgan fingerprint density at radius 2 is 1.74 bits per heavy atom. The van der Waals surface area contributed by atoms with Gasteiger partial charge >= 0.3 is 0 Å². The zero-order valence-corrected chi connectivity index (χ0v) is 20.5. The second-order valence-electron chi connectivity index (χ2n) is 9.10. The molecule has 0 aliphatic carbocycles. The minimum Gasteiger partial charge on any atom is -0.487 e. The van der Waals surface area contributed by atoms with Crippen LogP contribution in [0.25, 0.3) is 10.8 Å². The first-order valence-electron chi connectivity index (χ1n) is 12.6. The summed E-state index contributed by atoms with van der Waals surface area (Å²) in [7, 11) is 0. The number of pyridine rings is 1. The zero-order chi connectivity index (χ0) is 24.5. The van der Waals surface area contributed by atoms with Crippen LogP contribution in [0.5, 0.6) is 5.75 Å². The molecule has 1 aromatic carbocycles. The molecule has 1 aliphatic heterocycles. The average Bonchev–Trinajstić information content (AvgIpc) is 2.89. The van der Waals surface area contributed by atoms with E-state index >= 15 is 0 Å². The highest BCUT2D eigenvalue weighted by Crippen LogP contribution is 2.26. The van der Waals surface area contributed by atoms with Crippen molar-refractivity contribution in [1.29, 1.82) is 0 Å². The maximum absolute atomic E-state index is 13.4. The van der Waals surface area contributed by atoms with Gasteiger partial charge in [-0.3, -0.25) is 9.59 Å². The molecule has 0 amide bonds. The van der Waals surface area contributed by atoms with Crippen LogP contribution in [0.1, 0.15) is 62.2 Å². The third-order valence-corrected chi connectivity index (χ3v) is 6.50. The molecule has 4 rings (SSSR count). The van der Waals surface area contributed by atoms with Crippen LogP contribution >= 0.6 is 0 Å². The van der Waals surface area contributed by atoms with Gasteiger partial charge in [-0.05, 0) is 38.2 Å². The summed E-state index contributed by atoms with van der Waals surface area (Å²) in [6.07, 6.45) is 8.19. The lowest BCUT2D eigenvalue weighted by Gasteiger charge is -2.25. The van der Waals surface area contributed by atoms with Crippen LogP contribution in [0.2, 0.25) is 0 Å². The smallest absolute Gasteiger partial charge is 0.293 e. The summed E-state index contributed by atoms with van der Waals surface area (Å²) in [4.78, 5) is 25.9. The van der Waals surface area contributed by atoms with Gasteiger partial charge in [-0.2, -0.15) is 5.10 Å². The maximum atomic E-state index is 13.4. The van der Waals surface area contributed by atoms with Crippen LogP contribution < -0.4 is 15.9 Å². The normalized spacial score (nSPS) is 14.4. The Hall–Kier alpha value is -2.97. The Morgan fingerprint density at radius 1 is 1.03 bits per heavy atom. The van der Waals surface area contributed by atoms with Gasteiger partial charge in [-0.1, -0.05) is 49.6 Å². The number of rotatable bonds is 12. The van der Waals surface area contributed by atoms with Crippen molar-refractivity contribution >= 4 is 10.8 Å². The number of hydrogen-bond acceptors (Lipinski definition) is 6. The molecule has 2 aromatic heterocycles. The monoisotopic (exact) mass is 481 g/mol. The van der Waals surface area contributed by atoms with E-state index in [0.717, 1.165) is 51.6 Å². The van der Waals surface area contributed by atoms with Crippen LogP contribution in [0, 0.1) is 6.92 Å². The summed E-state index contributed by atoms with van der Waals surface area (Å²) in [6.45, 7) is 4.83. The Morgan fingerprint density at radius 3 is 2.51 bits per heavy atom. The van der Waals surface area contributed by atoms with Crippen molar-refractivity contribution in [2.45, 2.75) is 64.5 Å². The van der Waals surface area contributed by atoms with E-state index in [1.807, 2.05) is 18.2 Å². The number of benzene rings is 1. The average molecular weight is 482 g/mol. The number of hydrogen-bond donors (Lipinski definition) is 1. The van der Waals surface area contributed by atoms with E-state index in [1.165, 1.54) is 5.56 Å². The molecule has 1 fully saturated rings. The first kappa shape index (κ1) is 25.1. The van der Waals surface area contributed by atoms with Crippen LogP contribution in [-0.4, -0.2) is 41.2 Å². The molecule has 1 aliphatic rings. The number of unbranched alkanes of at least 4 members (excludes halogenated alkanes) is 4.